The molecule has 7 nitrogen and oxygen atoms in total. The zero-order valence-electron chi connectivity index (χ0n) is 14.4. The van der Waals surface area contributed by atoms with E-state index >= 15 is 0 Å². The van der Waals surface area contributed by atoms with Crippen LogP contribution in [0.4, 0.5) is 5.69 Å². The maximum absolute atomic E-state index is 12.3. The van der Waals surface area contributed by atoms with Crippen LogP contribution in [0.3, 0.4) is 0 Å². The first-order valence-corrected chi connectivity index (χ1v) is 8.72. The number of amides is 2. The Balaban J connectivity index is 1.60. The van der Waals surface area contributed by atoms with E-state index in [9.17, 15) is 9.59 Å². The third kappa shape index (κ3) is 4.85. The molecule has 136 valence electrons. The van der Waals surface area contributed by atoms with Gasteiger partial charge in [-0.3, -0.25) is 9.59 Å². The maximum Gasteiger partial charge on any atom is 0.258 e. The first kappa shape index (κ1) is 17.5. The lowest BCUT2D eigenvalue weighted by Crippen LogP contribution is -2.30. The van der Waals surface area contributed by atoms with Crippen LogP contribution in [-0.4, -0.2) is 37.6 Å². The van der Waals surface area contributed by atoms with E-state index in [2.05, 4.69) is 10.6 Å². The van der Waals surface area contributed by atoms with Gasteiger partial charge in [-0.2, -0.15) is 0 Å². The quantitative estimate of drug-likeness (QED) is 0.692. The van der Waals surface area contributed by atoms with E-state index in [1.807, 2.05) is 0 Å². The molecule has 0 saturated heterocycles. The van der Waals surface area contributed by atoms with Crippen molar-refractivity contribution in [2.24, 2.45) is 11.7 Å². The Bertz CT molecular complexity index is 645. The van der Waals surface area contributed by atoms with Crippen molar-refractivity contribution in [2.45, 2.75) is 44.2 Å². The Hall–Kier alpha value is -2.28. The molecule has 0 heterocycles. The van der Waals surface area contributed by atoms with Gasteiger partial charge in [0, 0.05) is 29.8 Å². The van der Waals surface area contributed by atoms with E-state index in [4.69, 9.17) is 15.2 Å². The molecule has 2 fully saturated rings. The standard InChI is InChI=1S/C18H25N3O4/c1-24-15-7-6-14(21-18(23)11-2-3-12(19)8-11)9-16(15)25-10-17(22)20-13-4-5-13/h6-7,9,11-13H,2-5,8,10,19H2,1H3,(H,20,22)(H,21,23). The molecule has 1 aromatic rings. The summed E-state index contributed by atoms with van der Waals surface area (Å²) in [5.41, 5.74) is 6.49. The predicted octanol–water partition coefficient (Wildman–Crippen LogP) is 1.42. The van der Waals surface area contributed by atoms with Crippen molar-refractivity contribution in [2.75, 3.05) is 19.0 Å². The summed E-state index contributed by atoms with van der Waals surface area (Å²) in [7, 11) is 1.53. The summed E-state index contributed by atoms with van der Waals surface area (Å²) < 4.78 is 10.8. The SMILES string of the molecule is COc1ccc(NC(=O)C2CCC(N)C2)cc1OCC(=O)NC1CC1. The van der Waals surface area contributed by atoms with E-state index in [0.29, 0.717) is 29.6 Å². The van der Waals surface area contributed by atoms with Crippen molar-refractivity contribution in [1.29, 1.82) is 0 Å². The van der Waals surface area contributed by atoms with Gasteiger partial charge in [0.1, 0.15) is 0 Å². The van der Waals surface area contributed by atoms with Gasteiger partial charge in [0.15, 0.2) is 18.1 Å². The fourth-order valence-electron chi connectivity index (χ4n) is 3.01. The molecule has 25 heavy (non-hydrogen) atoms. The molecule has 0 spiro atoms. The molecule has 2 saturated carbocycles. The average molecular weight is 347 g/mol. The summed E-state index contributed by atoms with van der Waals surface area (Å²) in [4.78, 5) is 24.1. The monoisotopic (exact) mass is 347 g/mol. The van der Waals surface area contributed by atoms with Gasteiger partial charge in [0.05, 0.1) is 7.11 Å². The summed E-state index contributed by atoms with van der Waals surface area (Å²) in [6.07, 6.45) is 4.47. The molecule has 0 bridgehead atoms. The molecule has 0 aliphatic heterocycles. The Labute approximate surface area is 147 Å². The van der Waals surface area contributed by atoms with Gasteiger partial charge in [0.2, 0.25) is 5.91 Å². The predicted molar refractivity (Wildman–Crippen MR) is 93.6 cm³/mol. The number of ether oxygens (including phenoxy) is 2. The highest BCUT2D eigenvalue weighted by molar-refractivity contribution is 5.93. The van der Waals surface area contributed by atoms with Crippen molar-refractivity contribution in [3.05, 3.63) is 18.2 Å². The van der Waals surface area contributed by atoms with Crippen LogP contribution in [0.2, 0.25) is 0 Å². The van der Waals surface area contributed by atoms with Gasteiger partial charge in [-0.15, -0.1) is 0 Å². The molecule has 7 heteroatoms. The molecule has 3 rings (SSSR count). The molecule has 0 radical (unpaired) electrons. The number of anilines is 1. The Kier molecular flexibility index (Phi) is 5.43. The fourth-order valence-corrected chi connectivity index (χ4v) is 3.01. The van der Waals surface area contributed by atoms with Crippen LogP contribution < -0.4 is 25.8 Å². The number of methoxy groups -OCH3 is 1. The topological polar surface area (TPSA) is 103 Å². The molecule has 2 aliphatic rings. The minimum absolute atomic E-state index is 0.0319. The lowest BCUT2D eigenvalue weighted by Gasteiger charge is -2.14. The summed E-state index contributed by atoms with van der Waals surface area (Å²) >= 11 is 0. The highest BCUT2D eigenvalue weighted by Crippen LogP contribution is 2.31. The molecule has 4 N–H and O–H groups in total. The summed E-state index contributed by atoms with van der Waals surface area (Å²) in [5, 5.41) is 5.76. The van der Waals surface area contributed by atoms with Crippen LogP contribution in [0.25, 0.3) is 0 Å². The molecule has 2 amide bonds. The van der Waals surface area contributed by atoms with Crippen LogP contribution in [0, 0.1) is 5.92 Å². The van der Waals surface area contributed by atoms with E-state index in [0.717, 1.165) is 25.7 Å². The molecule has 2 aliphatic carbocycles. The smallest absolute Gasteiger partial charge is 0.258 e. The second kappa shape index (κ2) is 7.74. The molecular formula is C18H25N3O4. The number of hydrogen-bond acceptors (Lipinski definition) is 5. The number of carbonyl (C=O) groups excluding carboxylic acids is 2. The first-order chi connectivity index (χ1) is 12.0. The second-order valence-electron chi connectivity index (χ2n) is 6.76. The highest BCUT2D eigenvalue weighted by Gasteiger charge is 2.28. The normalized spacial score (nSPS) is 22.3. The lowest BCUT2D eigenvalue weighted by molar-refractivity contribution is -0.123. The second-order valence-corrected chi connectivity index (χ2v) is 6.76. The molecular weight excluding hydrogens is 322 g/mol. The van der Waals surface area contributed by atoms with E-state index in [1.165, 1.54) is 7.11 Å². The van der Waals surface area contributed by atoms with Gasteiger partial charge in [-0.05, 0) is 44.2 Å². The van der Waals surface area contributed by atoms with Crippen molar-refractivity contribution >= 4 is 17.5 Å². The van der Waals surface area contributed by atoms with Gasteiger partial charge < -0.3 is 25.8 Å². The van der Waals surface area contributed by atoms with Gasteiger partial charge in [-0.25, -0.2) is 0 Å². The fraction of sp³-hybridized carbons (Fsp3) is 0.556. The van der Waals surface area contributed by atoms with Crippen molar-refractivity contribution in [3.63, 3.8) is 0 Å². The van der Waals surface area contributed by atoms with Crippen LogP contribution in [0.1, 0.15) is 32.1 Å². The third-order valence-corrected chi connectivity index (χ3v) is 4.58. The maximum atomic E-state index is 12.3. The Morgan fingerprint density at radius 3 is 2.64 bits per heavy atom. The van der Waals surface area contributed by atoms with Gasteiger partial charge in [0.25, 0.3) is 5.91 Å². The number of benzene rings is 1. The van der Waals surface area contributed by atoms with Gasteiger partial charge in [-0.1, -0.05) is 0 Å². The zero-order valence-corrected chi connectivity index (χ0v) is 14.4. The largest absolute Gasteiger partial charge is 0.493 e. The van der Waals surface area contributed by atoms with Crippen LogP contribution in [-0.2, 0) is 9.59 Å². The summed E-state index contributed by atoms with van der Waals surface area (Å²) in [5.74, 6) is 0.703. The van der Waals surface area contributed by atoms with Gasteiger partial charge >= 0.3 is 0 Å². The molecule has 1 aromatic carbocycles. The first-order valence-electron chi connectivity index (χ1n) is 8.72. The number of hydrogen-bond donors (Lipinski definition) is 3. The lowest BCUT2D eigenvalue weighted by atomic mass is 10.1. The Morgan fingerprint density at radius 1 is 1.20 bits per heavy atom. The van der Waals surface area contributed by atoms with Crippen molar-refractivity contribution in [3.8, 4) is 11.5 Å². The van der Waals surface area contributed by atoms with Crippen LogP contribution in [0.5, 0.6) is 11.5 Å². The van der Waals surface area contributed by atoms with E-state index in [1.54, 1.807) is 18.2 Å². The van der Waals surface area contributed by atoms with E-state index in [-0.39, 0.29) is 30.4 Å². The number of carbonyl (C=O) groups is 2. The van der Waals surface area contributed by atoms with Crippen molar-refractivity contribution < 1.29 is 19.1 Å². The number of nitrogens with one attached hydrogen (secondary N) is 2. The zero-order chi connectivity index (χ0) is 17.8. The average Bonchev–Trinajstić information content (AvgIpc) is 3.30. The minimum atomic E-state index is -0.154. The summed E-state index contributed by atoms with van der Waals surface area (Å²) in [6.45, 7) is -0.0816. The third-order valence-electron chi connectivity index (χ3n) is 4.58. The highest BCUT2D eigenvalue weighted by atomic mass is 16.5. The number of rotatable bonds is 7. The molecule has 0 aromatic heterocycles. The summed E-state index contributed by atoms with van der Waals surface area (Å²) in [6, 6.07) is 5.54. The number of nitrogens with two attached hydrogens (primary N) is 1. The van der Waals surface area contributed by atoms with Crippen LogP contribution in [0.15, 0.2) is 18.2 Å². The van der Waals surface area contributed by atoms with Crippen molar-refractivity contribution in [1.82, 2.24) is 5.32 Å². The molecule has 2 atom stereocenters. The van der Waals surface area contributed by atoms with Crippen LogP contribution >= 0.6 is 0 Å². The Morgan fingerprint density at radius 2 is 2.00 bits per heavy atom. The van der Waals surface area contributed by atoms with E-state index < -0.39 is 0 Å². The minimum Gasteiger partial charge on any atom is -0.493 e. The molecule has 2 unspecified atom stereocenters.